The largest absolute Gasteiger partial charge is 0.416 e. The Morgan fingerprint density at radius 1 is 0.946 bits per heavy atom. The monoisotopic (exact) mass is 507 g/mol. The molecule has 0 atom stereocenters. The van der Waals surface area contributed by atoms with Gasteiger partial charge < -0.3 is 20.9 Å². The first-order chi connectivity index (χ1) is 17.7. The highest BCUT2D eigenvalue weighted by atomic mass is 19.4. The molecule has 0 spiro atoms. The molecular formula is C26H24F3N7O. The highest BCUT2D eigenvalue weighted by Crippen LogP contribution is 2.32. The van der Waals surface area contributed by atoms with Gasteiger partial charge in [0.2, 0.25) is 5.95 Å². The molecule has 1 fully saturated rings. The number of anilines is 3. The maximum atomic E-state index is 13.0. The number of aromatic nitrogens is 3. The molecule has 3 heterocycles. The van der Waals surface area contributed by atoms with Crippen molar-refractivity contribution in [1.29, 1.82) is 0 Å². The summed E-state index contributed by atoms with van der Waals surface area (Å²) in [7, 11) is 0. The fraction of sp³-hybridized carbons (Fsp3) is 0.231. The average molecular weight is 508 g/mol. The fourth-order valence-corrected chi connectivity index (χ4v) is 4.27. The first kappa shape index (κ1) is 24.3. The molecule has 5 rings (SSSR count). The van der Waals surface area contributed by atoms with Crippen LogP contribution >= 0.6 is 0 Å². The van der Waals surface area contributed by atoms with E-state index in [1.54, 1.807) is 17.0 Å². The van der Waals surface area contributed by atoms with Crippen LogP contribution in [0.3, 0.4) is 0 Å². The zero-order valence-corrected chi connectivity index (χ0v) is 20.0. The van der Waals surface area contributed by atoms with Crippen molar-refractivity contribution in [2.45, 2.75) is 13.1 Å². The molecule has 8 nitrogen and oxygen atoms in total. The van der Waals surface area contributed by atoms with Crippen LogP contribution in [-0.4, -0.2) is 52.1 Å². The van der Waals surface area contributed by atoms with E-state index < -0.39 is 11.7 Å². The number of halogens is 3. The molecule has 2 aromatic carbocycles. The first-order valence-electron chi connectivity index (χ1n) is 11.7. The van der Waals surface area contributed by atoms with Gasteiger partial charge in [0.25, 0.3) is 0 Å². The molecule has 0 saturated carbocycles. The van der Waals surface area contributed by atoms with Crippen molar-refractivity contribution in [3.63, 3.8) is 0 Å². The number of alkyl halides is 3. The minimum Gasteiger partial charge on any atom is -0.368 e. The van der Waals surface area contributed by atoms with E-state index in [-0.39, 0.29) is 12.0 Å². The van der Waals surface area contributed by atoms with Gasteiger partial charge in [-0.3, -0.25) is 0 Å². The number of amides is 2. The fourth-order valence-electron chi connectivity index (χ4n) is 4.27. The van der Waals surface area contributed by atoms with Gasteiger partial charge in [-0.2, -0.15) is 18.2 Å². The van der Waals surface area contributed by atoms with Crippen molar-refractivity contribution in [3.05, 3.63) is 71.8 Å². The predicted octanol–water partition coefficient (Wildman–Crippen LogP) is 4.96. The van der Waals surface area contributed by atoms with E-state index in [9.17, 15) is 18.0 Å². The third kappa shape index (κ3) is 5.25. The highest BCUT2D eigenvalue weighted by molar-refractivity contribution is 5.90. The number of carbonyl (C=O) groups excluding carboxylic acids is 1. The smallest absolute Gasteiger partial charge is 0.368 e. The number of nitrogens with zero attached hydrogens (tertiary/aromatic N) is 5. The second-order valence-electron chi connectivity index (χ2n) is 8.82. The molecule has 0 bridgehead atoms. The number of fused-ring (bicyclic) bond motifs is 1. The van der Waals surface area contributed by atoms with Gasteiger partial charge in [0.05, 0.1) is 16.8 Å². The topological polar surface area (TPSA) is 100 Å². The van der Waals surface area contributed by atoms with E-state index in [4.69, 9.17) is 5.73 Å². The van der Waals surface area contributed by atoms with Crippen LogP contribution in [0, 0.1) is 6.92 Å². The Morgan fingerprint density at radius 3 is 2.35 bits per heavy atom. The van der Waals surface area contributed by atoms with Gasteiger partial charge in [-0.1, -0.05) is 24.3 Å². The molecule has 11 heteroatoms. The minimum atomic E-state index is -4.41. The summed E-state index contributed by atoms with van der Waals surface area (Å²) in [6.07, 6.45) is -4.41. The van der Waals surface area contributed by atoms with Crippen molar-refractivity contribution in [3.8, 4) is 11.3 Å². The predicted molar refractivity (Wildman–Crippen MR) is 136 cm³/mol. The Balaban J connectivity index is 1.36. The number of carbonyl (C=O) groups is 1. The molecule has 2 amide bonds. The summed E-state index contributed by atoms with van der Waals surface area (Å²) >= 11 is 0. The summed E-state index contributed by atoms with van der Waals surface area (Å²) in [4.78, 5) is 29.8. The molecule has 1 saturated heterocycles. The Kier molecular flexibility index (Phi) is 6.28. The van der Waals surface area contributed by atoms with E-state index >= 15 is 0 Å². The third-order valence-corrected chi connectivity index (χ3v) is 6.18. The van der Waals surface area contributed by atoms with Gasteiger partial charge in [0.15, 0.2) is 5.82 Å². The van der Waals surface area contributed by atoms with Crippen LogP contribution < -0.4 is 16.0 Å². The lowest BCUT2D eigenvalue weighted by atomic mass is 10.1. The number of nitrogens with two attached hydrogens (primary N) is 1. The number of aryl methyl sites for hydroxylation is 1. The summed E-state index contributed by atoms with van der Waals surface area (Å²) in [5.41, 5.74) is 9.07. The average Bonchev–Trinajstić information content (AvgIpc) is 2.87. The number of piperazine rings is 1. The molecule has 37 heavy (non-hydrogen) atoms. The van der Waals surface area contributed by atoms with Crippen LogP contribution in [0.2, 0.25) is 0 Å². The second kappa shape index (κ2) is 9.57. The van der Waals surface area contributed by atoms with Crippen LogP contribution in [0.25, 0.3) is 22.3 Å². The summed E-state index contributed by atoms with van der Waals surface area (Å²) in [5, 5.41) is 2.92. The number of nitrogens with one attached hydrogen (secondary N) is 1. The van der Waals surface area contributed by atoms with E-state index in [0.29, 0.717) is 54.3 Å². The maximum absolute atomic E-state index is 13.0. The number of urea groups is 1. The van der Waals surface area contributed by atoms with Crippen molar-refractivity contribution in [1.82, 2.24) is 19.9 Å². The van der Waals surface area contributed by atoms with E-state index in [1.165, 1.54) is 12.1 Å². The van der Waals surface area contributed by atoms with Crippen LogP contribution in [0.1, 0.15) is 11.1 Å². The summed E-state index contributed by atoms with van der Waals surface area (Å²) < 4.78 is 38.9. The SMILES string of the molecule is Cc1cccc(NC(=O)N2CCN(c3nc(N)nc4ccc(-c5ccc(C(F)(F)F)cc5)nc34)CC2)c1. The normalized spacial score (nSPS) is 14.2. The van der Waals surface area contributed by atoms with Crippen molar-refractivity contribution in [2.75, 3.05) is 42.1 Å². The van der Waals surface area contributed by atoms with E-state index in [1.807, 2.05) is 36.1 Å². The summed E-state index contributed by atoms with van der Waals surface area (Å²) in [6, 6.07) is 15.7. The quantitative estimate of drug-likeness (QED) is 0.407. The lowest BCUT2D eigenvalue weighted by molar-refractivity contribution is -0.137. The zero-order chi connectivity index (χ0) is 26.2. The molecule has 3 N–H and O–H groups in total. The van der Waals surface area contributed by atoms with Crippen LogP contribution in [-0.2, 0) is 6.18 Å². The van der Waals surface area contributed by atoms with Gasteiger partial charge in [0.1, 0.15) is 5.52 Å². The molecule has 0 aliphatic carbocycles. The Bertz CT molecular complexity index is 1450. The summed E-state index contributed by atoms with van der Waals surface area (Å²) in [5.74, 6) is 0.612. The number of benzene rings is 2. The number of hydrogen-bond donors (Lipinski definition) is 2. The Morgan fingerprint density at radius 2 is 1.68 bits per heavy atom. The number of nitrogen functional groups attached to an aromatic ring is 1. The molecule has 190 valence electrons. The van der Waals surface area contributed by atoms with Crippen molar-refractivity contribution in [2.24, 2.45) is 0 Å². The highest BCUT2D eigenvalue weighted by Gasteiger charge is 2.30. The van der Waals surface area contributed by atoms with E-state index in [2.05, 4.69) is 20.3 Å². The first-order valence-corrected chi connectivity index (χ1v) is 11.7. The standard InChI is InChI=1S/C26H24F3N7O/c1-16-3-2-4-19(15-16)31-25(37)36-13-11-35(12-14-36)23-22-21(33-24(30)34-23)10-9-20(32-22)17-5-7-18(8-6-17)26(27,28)29/h2-10,15H,11-14H2,1H3,(H,31,37)(H2,30,33,34). The summed E-state index contributed by atoms with van der Waals surface area (Å²) in [6.45, 7) is 3.88. The van der Waals surface area contributed by atoms with Crippen LogP contribution in [0.4, 0.5) is 35.4 Å². The lowest BCUT2D eigenvalue weighted by Gasteiger charge is -2.35. The van der Waals surface area contributed by atoms with Gasteiger partial charge in [-0.05, 0) is 48.9 Å². The number of hydrogen-bond acceptors (Lipinski definition) is 6. The molecular weight excluding hydrogens is 483 g/mol. The Hall–Kier alpha value is -4.41. The van der Waals surface area contributed by atoms with Crippen molar-refractivity contribution < 1.29 is 18.0 Å². The van der Waals surface area contributed by atoms with Gasteiger partial charge in [-0.15, -0.1) is 0 Å². The molecule has 2 aromatic heterocycles. The molecule has 1 aliphatic heterocycles. The third-order valence-electron chi connectivity index (χ3n) is 6.18. The maximum Gasteiger partial charge on any atom is 0.416 e. The zero-order valence-electron chi connectivity index (χ0n) is 20.0. The van der Waals surface area contributed by atoms with Crippen LogP contribution in [0.5, 0.6) is 0 Å². The second-order valence-corrected chi connectivity index (χ2v) is 8.82. The molecule has 0 unspecified atom stereocenters. The lowest BCUT2D eigenvalue weighted by Crippen LogP contribution is -2.50. The van der Waals surface area contributed by atoms with Gasteiger partial charge >= 0.3 is 12.2 Å². The van der Waals surface area contributed by atoms with Gasteiger partial charge in [-0.25, -0.2) is 14.8 Å². The van der Waals surface area contributed by atoms with Crippen LogP contribution in [0.15, 0.2) is 60.7 Å². The number of rotatable bonds is 3. The van der Waals surface area contributed by atoms with Crippen molar-refractivity contribution >= 4 is 34.5 Å². The molecule has 4 aromatic rings. The minimum absolute atomic E-state index is 0.0891. The molecule has 0 radical (unpaired) electrons. The van der Waals surface area contributed by atoms with E-state index in [0.717, 1.165) is 23.4 Å². The molecule has 1 aliphatic rings. The number of pyridine rings is 1. The van der Waals surface area contributed by atoms with Gasteiger partial charge in [0, 0.05) is 37.4 Å². The Labute approximate surface area is 211 Å².